The molecule has 0 aliphatic heterocycles. The first-order valence-electron chi connectivity index (χ1n) is 5.41. The zero-order valence-electron chi connectivity index (χ0n) is 9.27. The molecular weight excluding hydrogens is 248 g/mol. The van der Waals surface area contributed by atoms with Gasteiger partial charge >= 0.3 is 0 Å². The van der Waals surface area contributed by atoms with Gasteiger partial charge in [0.15, 0.2) is 0 Å². The largest absolute Gasteiger partial charge is 0.339 e. The number of hydrogen-bond donors (Lipinski definition) is 1. The summed E-state index contributed by atoms with van der Waals surface area (Å²) >= 11 is 6.07. The Hall–Kier alpha value is -2.13. The summed E-state index contributed by atoms with van der Waals surface area (Å²) in [6, 6.07) is 15.3. The molecule has 1 radical (unpaired) electrons. The van der Waals surface area contributed by atoms with E-state index in [1.807, 2.05) is 18.2 Å². The van der Waals surface area contributed by atoms with E-state index in [0.717, 1.165) is 5.52 Å². The average Bonchev–Trinajstić information content (AvgIpc) is 2.39. The van der Waals surface area contributed by atoms with Crippen molar-refractivity contribution >= 4 is 22.5 Å². The zero-order chi connectivity index (χ0) is 12.5. The van der Waals surface area contributed by atoms with Crippen molar-refractivity contribution in [1.29, 1.82) is 0 Å². The normalized spacial score (nSPS) is 10.7. The van der Waals surface area contributed by atoms with E-state index in [1.54, 1.807) is 24.3 Å². The lowest BCUT2D eigenvalue weighted by Gasteiger charge is -2.04. The number of fused-ring (bicyclic) bond motifs is 1. The lowest BCUT2D eigenvalue weighted by molar-refractivity contribution is 1.18. The summed E-state index contributed by atoms with van der Waals surface area (Å²) in [6.45, 7) is 0. The fraction of sp³-hybridized carbons (Fsp3) is 0. The van der Waals surface area contributed by atoms with Gasteiger partial charge in [-0.1, -0.05) is 29.8 Å². The maximum atomic E-state index is 11.9. The first kappa shape index (κ1) is 11.0. The molecule has 18 heavy (non-hydrogen) atoms. The number of aromatic nitrogens is 2. The Morgan fingerprint density at radius 1 is 1.22 bits per heavy atom. The van der Waals surface area contributed by atoms with Crippen molar-refractivity contribution in [3.8, 4) is 11.4 Å². The Morgan fingerprint density at radius 2 is 2.06 bits per heavy atom. The third kappa shape index (κ3) is 1.79. The van der Waals surface area contributed by atoms with Crippen LogP contribution in [0.15, 0.2) is 47.3 Å². The van der Waals surface area contributed by atoms with E-state index < -0.39 is 0 Å². The van der Waals surface area contributed by atoms with Crippen molar-refractivity contribution in [2.45, 2.75) is 0 Å². The number of hydrogen-bond acceptors (Lipinski definition) is 2. The number of halogens is 1. The number of nitrogens with one attached hydrogen (secondary N) is 1. The maximum absolute atomic E-state index is 11.9. The minimum atomic E-state index is -0.261. The topological polar surface area (TPSA) is 45.8 Å². The molecule has 0 unspecified atom stereocenters. The Kier molecular flexibility index (Phi) is 2.61. The molecule has 0 amide bonds. The van der Waals surface area contributed by atoms with Crippen molar-refractivity contribution in [3.05, 3.63) is 63.9 Å². The van der Waals surface area contributed by atoms with Gasteiger partial charge in [-0.25, -0.2) is 0 Å². The van der Waals surface area contributed by atoms with Crippen molar-refractivity contribution in [1.82, 2.24) is 9.97 Å². The SMILES string of the molecule is O=c1nc(-c2cc[c]cc2Cl)[nH]c2ccccc12. The van der Waals surface area contributed by atoms with Gasteiger partial charge in [0.2, 0.25) is 0 Å². The van der Waals surface area contributed by atoms with Gasteiger partial charge in [0.1, 0.15) is 5.82 Å². The molecule has 3 rings (SSSR count). The number of nitrogens with zero attached hydrogens (tertiary/aromatic N) is 1. The van der Waals surface area contributed by atoms with Gasteiger partial charge < -0.3 is 4.98 Å². The first-order valence-corrected chi connectivity index (χ1v) is 5.78. The summed E-state index contributed by atoms with van der Waals surface area (Å²) < 4.78 is 0. The average molecular weight is 256 g/mol. The lowest BCUT2D eigenvalue weighted by atomic mass is 10.2. The molecule has 0 spiro atoms. The van der Waals surface area contributed by atoms with Crippen LogP contribution in [0.5, 0.6) is 0 Å². The maximum Gasteiger partial charge on any atom is 0.281 e. The molecule has 0 aliphatic rings. The standard InChI is InChI=1S/C14H8ClN2O/c15-11-7-3-1-5-9(11)13-16-12-8-4-2-6-10(12)14(18)17-13/h1-2,4-8H,(H,16,17,18). The molecule has 3 aromatic rings. The Balaban J connectivity index is 2.32. The molecule has 0 bridgehead atoms. The second-order valence-electron chi connectivity index (χ2n) is 3.84. The van der Waals surface area contributed by atoms with E-state index in [0.29, 0.717) is 21.8 Å². The van der Waals surface area contributed by atoms with Crippen LogP contribution in [0, 0.1) is 6.07 Å². The number of H-pyrrole nitrogens is 1. The minimum Gasteiger partial charge on any atom is -0.339 e. The third-order valence-electron chi connectivity index (χ3n) is 2.69. The van der Waals surface area contributed by atoms with Gasteiger partial charge in [-0.05, 0) is 30.3 Å². The fourth-order valence-corrected chi connectivity index (χ4v) is 2.04. The van der Waals surface area contributed by atoms with Gasteiger partial charge in [0.05, 0.1) is 15.9 Å². The summed E-state index contributed by atoms with van der Waals surface area (Å²) in [5, 5.41) is 1.08. The highest BCUT2D eigenvalue weighted by molar-refractivity contribution is 6.33. The Bertz CT molecular complexity index is 780. The molecular formula is C14H8ClN2O. The van der Waals surface area contributed by atoms with Crippen LogP contribution in [0.4, 0.5) is 0 Å². The predicted octanol–water partition coefficient (Wildman–Crippen LogP) is 3.04. The molecule has 1 heterocycles. The number of benzene rings is 2. The van der Waals surface area contributed by atoms with Crippen LogP contribution in [0.1, 0.15) is 0 Å². The second kappa shape index (κ2) is 4.27. The summed E-state index contributed by atoms with van der Waals surface area (Å²) in [5.74, 6) is 0.470. The van der Waals surface area contributed by atoms with Gasteiger partial charge in [0, 0.05) is 5.56 Å². The van der Waals surface area contributed by atoms with Gasteiger partial charge in [0.25, 0.3) is 5.56 Å². The Labute approximate surface area is 108 Å². The third-order valence-corrected chi connectivity index (χ3v) is 3.01. The summed E-state index contributed by atoms with van der Waals surface area (Å²) in [4.78, 5) is 19.0. The number of aromatic amines is 1. The van der Waals surface area contributed by atoms with Crippen molar-refractivity contribution in [2.24, 2.45) is 0 Å². The molecule has 0 saturated heterocycles. The van der Waals surface area contributed by atoms with Crippen molar-refractivity contribution < 1.29 is 0 Å². The molecule has 0 atom stereocenters. The summed E-state index contributed by atoms with van der Waals surface area (Å²) in [5.41, 5.74) is 1.18. The first-order chi connectivity index (χ1) is 8.75. The predicted molar refractivity (Wildman–Crippen MR) is 71.6 cm³/mol. The van der Waals surface area contributed by atoms with E-state index in [9.17, 15) is 4.79 Å². The molecule has 1 aromatic heterocycles. The highest BCUT2D eigenvalue weighted by Gasteiger charge is 2.07. The van der Waals surface area contributed by atoms with E-state index in [-0.39, 0.29) is 5.56 Å². The number of para-hydroxylation sites is 1. The monoisotopic (exact) mass is 255 g/mol. The zero-order valence-corrected chi connectivity index (χ0v) is 10.0. The van der Waals surface area contributed by atoms with Gasteiger partial charge in [-0.15, -0.1) is 0 Å². The minimum absolute atomic E-state index is 0.261. The molecule has 3 nitrogen and oxygen atoms in total. The highest BCUT2D eigenvalue weighted by atomic mass is 35.5. The quantitative estimate of drug-likeness (QED) is 0.726. The molecule has 0 saturated carbocycles. The summed E-state index contributed by atoms with van der Waals surface area (Å²) in [7, 11) is 0. The van der Waals surface area contributed by atoms with E-state index in [4.69, 9.17) is 11.6 Å². The second-order valence-corrected chi connectivity index (χ2v) is 4.25. The van der Waals surface area contributed by atoms with Crippen LogP contribution >= 0.6 is 11.6 Å². The molecule has 1 N–H and O–H groups in total. The Morgan fingerprint density at radius 3 is 2.89 bits per heavy atom. The van der Waals surface area contributed by atoms with Crippen molar-refractivity contribution in [2.75, 3.05) is 0 Å². The van der Waals surface area contributed by atoms with E-state index >= 15 is 0 Å². The molecule has 2 aromatic carbocycles. The van der Waals surface area contributed by atoms with Crippen LogP contribution in [-0.4, -0.2) is 9.97 Å². The van der Waals surface area contributed by atoms with Crippen molar-refractivity contribution in [3.63, 3.8) is 0 Å². The fourth-order valence-electron chi connectivity index (χ4n) is 1.83. The van der Waals surface area contributed by atoms with Crippen LogP contribution in [-0.2, 0) is 0 Å². The van der Waals surface area contributed by atoms with Gasteiger partial charge in [-0.2, -0.15) is 4.98 Å². The van der Waals surface area contributed by atoms with Gasteiger partial charge in [-0.3, -0.25) is 4.79 Å². The molecule has 4 heteroatoms. The van der Waals surface area contributed by atoms with Crippen LogP contribution in [0.25, 0.3) is 22.3 Å². The highest BCUT2D eigenvalue weighted by Crippen LogP contribution is 2.24. The van der Waals surface area contributed by atoms with E-state index in [1.165, 1.54) is 0 Å². The number of rotatable bonds is 1. The van der Waals surface area contributed by atoms with Crippen LogP contribution < -0.4 is 5.56 Å². The van der Waals surface area contributed by atoms with Crippen LogP contribution in [0.3, 0.4) is 0 Å². The lowest BCUT2D eigenvalue weighted by Crippen LogP contribution is -2.09. The smallest absolute Gasteiger partial charge is 0.281 e. The molecule has 0 fully saturated rings. The summed E-state index contributed by atoms with van der Waals surface area (Å²) in [6.07, 6.45) is 0. The molecule has 0 aliphatic carbocycles. The molecule has 87 valence electrons. The van der Waals surface area contributed by atoms with E-state index in [2.05, 4.69) is 16.0 Å². The van der Waals surface area contributed by atoms with Crippen LogP contribution in [0.2, 0.25) is 5.02 Å².